The highest BCUT2D eigenvalue weighted by molar-refractivity contribution is 9.10. The summed E-state index contributed by atoms with van der Waals surface area (Å²) in [5.74, 6) is 0.263. The zero-order valence-corrected chi connectivity index (χ0v) is 13.3. The van der Waals surface area contributed by atoms with Crippen LogP contribution in [0.5, 0.6) is 0 Å². The fraction of sp³-hybridized carbons (Fsp3) is 0.294. The third-order valence-corrected chi connectivity index (χ3v) is 3.94. The summed E-state index contributed by atoms with van der Waals surface area (Å²) in [4.78, 5) is 0. The van der Waals surface area contributed by atoms with Gasteiger partial charge in [-0.1, -0.05) is 50.2 Å². The minimum atomic E-state index is -0.225. The normalized spacial score (nSPS) is 12.7. The lowest BCUT2D eigenvalue weighted by Crippen LogP contribution is -2.25. The van der Waals surface area contributed by atoms with Crippen molar-refractivity contribution in [3.8, 4) is 0 Å². The van der Waals surface area contributed by atoms with E-state index in [0.29, 0.717) is 16.4 Å². The highest BCUT2D eigenvalue weighted by Crippen LogP contribution is 2.23. The standard InChI is InChI=1S/C17H19BrFN/c1-12(2)17(14-6-4-3-5-7-14)20-11-13-8-9-16(19)15(18)10-13/h3-10,12,17,20H,11H2,1-2H3. The van der Waals surface area contributed by atoms with Crippen LogP contribution in [0.25, 0.3) is 0 Å². The van der Waals surface area contributed by atoms with Crippen molar-refractivity contribution in [2.75, 3.05) is 0 Å². The van der Waals surface area contributed by atoms with E-state index in [4.69, 9.17) is 0 Å². The number of benzene rings is 2. The maximum atomic E-state index is 13.2. The molecule has 0 amide bonds. The fourth-order valence-corrected chi connectivity index (χ4v) is 2.70. The summed E-state index contributed by atoms with van der Waals surface area (Å²) in [6.07, 6.45) is 0. The summed E-state index contributed by atoms with van der Waals surface area (Å²) >= 11 is 3.22. The second kappa shape index (κ2) is 7.00. The highest BCUT2D eigenvalue weighted by atomic mass is 79.9. The van der Waals surface area contributed by atoms with Crippen molar-refractivity contribution in [1.82, 2.24) is 5.32 Å². The largest absolute Gasteiger partial charge is 0.306 e. The maximum Gasteiger partial charge on any atom is 0.137 e. The Morgan fingerprint density at radius 3 is 2.40 bits per heavy atom. The third-order valence-electron chi connectivity index (χ3n) is 3.34. The van der Waals surface area contributed by atoms with Crippen LogP contribution < -0.4 is 5.32 Å². The first kappa shape index (κ1) is 15.2. The summed E-state index contributed by atoms with van der Waals surface area (Å²) in [6.45, 7) is 5.12. The average Bonchev–Trinajstić information content (AvgIpc) is 2.44. The molecule has 0 aliphatic heterocycles. The zero-order valence-electron chi connectivity index (χ0n) is 11.7. The Bertz CT molecular complexity index is 554. The first-order chi connectivity index (χ1) is 9.58. The molecule has 0 spiro atoms. The van der Waals surface area contributed by atoms with Gasteiger partial charge in [-0.25, -0.2) is 4.39 Å². The van der Waals surface area contributed by atoms with Crippen LogP contribution in [0.2, 0.25) is 0 Å². The quantitative estimate of drug-likeness (QED) is 0.803. The fourth-order valence-electron chi connectivity index (χ4n) is 2.28. The lowest BCUT2D eigenvalue weighted by atomic mass is 9.96. The second-order valence-corrected chi connectivity index (χ2v) is 6.12. The molecule has 0 saturated carbocycles. The van der Waals surface area contributed by atoms with E-state index in [9.17, 15) is 4.39 Å². The van der Waals surface area contributed by atoms with Gasteiger partial charge in [-0.3, -0.25) is 0 Å². The molecule has 0 heterocycles. The van der Waals surface area contributed by atoms with Crippen LogP contribution in [-0.2, 0) is 6.54 Å². The molecular formula is C17H19BrFN. The molecule has 0 radical (unpaired) electrons. The Hall–Kier alpha value is -1.19. The third kappa shape index (κ3) is 3.90. The van der Waals surface area contributed by atoms with Gasteiger partial charge in [-0.15, -0.1) is 0 Å². The number of hydrogen-bond donors (Lipinski definition) is 1. The van der Waals surface area contributed by atoms with E-state index in [1.807, 2.05) is 18.2 Å². The van der Waals surface area contributed by atoms with Gasteiger partial charge < -0.3 is 5.32 Å². The van der Waals surface area contributed by atoms with E-state index in [1.165, 1.54) is 11.6 Å². The van der Waals surface area contributed by atoms with E-state index >= 15 is 0 Å². The molecule has 0 bridgehead atoms. The number of halogens is 2. The minimum Gasteiger partial charge on any atom is -0.306 e. The van der Waals surface area contributed by atoms with Gasteiger partial charge in [0.05, 0.1) is 4.47 Å². The molecule has 2 aromatic carbocycles. The van der Waals surface area contributed by atoms with E-state index in [2.05, 4.69) is 59.4 Å². The van der Waals surface area contributed by atoms with E-state index in [0.717, 1.165) is 12.1 Å². The van der Waals surface area contributed by atoms with Crippen molar-refractivity contribution in [3.05, 3.63) is 69.9 Å². The van der Waals surface area contributed by atoms with Gasteiger partial charge in [0.15, 0.2) is 0 Å². The Kier molecular flexibility index (Phi) is 5.32. The van der Waals surface area contributed by atoms with Crippen LogP contribution in [-0.4, -0.2) is 0 Å². The van der Waals surface area contributed by atoms with Crippen molar-refractivity contribution in [1.29, 1.82) is 0 Å². The van der Waals surface area contributed by atoms with Crippen LogP contribution in [0.15, 0.2) is 53.0 Å². The van der Waals surface area contributed by atoms with Crippen LogP contribution in [0.3, 0.4) is 0 Å². The highest BCUT2D eigenvalue weighted by Gasteiger charge is 2.14. The summed E-state index contributed by atoms with van der Waals surface area (Å²) < 4.78 is 13.7. The minimum absolute atomic E-state index is 0.225. The molecule has 0 aliphatic carbocycles. The van der Waals surface area contributed by atoms with Crippen LogP contribution >= 0.6 is 15.9 Å². The van der Waals surface area contributed by atoms with Gasteiger partial charge >= 0.3 is 0 Å². The molecule has 1 atom stereocenters. The molecule has 1 unspecified atom stereocenters. The van der Waals surface area contributed by atoms with Gasteiger partial charge in [0, 0.05) is 12.6 Å². The first-order valence-electron chi connectivity index (χ1n) is 6.80. The Morgan fingerprint density at radius 2 is 1.80 bits per heavy atom. The molecule has 1 nitrogen and oxygen atoms in total. The van der Waals surface area contributed by atoms with Crippen LogP contribution in [0.4, 0.5) is 4.39 Å². The number of hydrogen-bond acceptors (Lipinski definition) is 1. The van der Waals surface area contributed by atoms with Crippen LogP contribution in [0.1, 0.15) is 31.0 Å². The van der Waals surface area contributed by atoms with Crippen molar-refractivity contribution < 1.29 is 4.39 Å². The summed E-state index contributed by atoms with van der Waals surface area (Å²) in [5, 5.41) is 3.56. The molecule has 3 heteroatoms. The zero-order chi connectivity index (χ0) is 14.5. The van der Waals surface area contributed by atoms with Gasteiger partial charge in [0.25, 0.3) is 0 Å². The maximum absolute atomic E-state index is 13.2. The predicted molar refractivity (Wildman–Crippen MR) is 85.0 cm³/mol. The van der Waals surface area contributed by atoms with Gasteiger partial charge in [-0.05, 0) is 45.1 Å². The van der Waals surface area contributed by atoms with Crippen molar-refractivity contribution >= 4 is 15.9 Å². The molecule has 0 aromatic heterocycles. The Labute approximate surface area is 128 Å². The monoisotopic (exact) mass is 335 g/mol. The van der Waals surface area contributed by atoms with E-state index in [1.54, 1.807) is 0 Å². The Morgan fingerprint density at radius 1 is 1.10 bits per heavy atom. The average molecular weight is 336 g/mol. The second-order valence-electron chi connectivity index (χ2n) is 5.26. The SMILES string of the molecule is CC(C)C(NCc1ccc(F)c(Br)c1)c1ccccc1. The lowest BCUT2D eigenvalue weighted by Gasteiger charge is -2.23. The molecule has 2 rings (SSSR count). The summed E-state index contributed by atoms with van der Waals surface area (Å²) in [7, 11) is 0. The molecule has 20 heavy (non-hydrogen) atoms. The molecule has 0 fully saturated rings. The molecular weight excluding hydrogens is 317 g/mol. The van der Waals surface area contributed by atoms with Gasteiger partial charge in [0.1, 0.15) is 5.82 Å². The summed E-state index contributed by atoms with van der Waals surface area (Å²) in [5.41, 5.74) is 2.35. The summed E-state index contributed by atoms with van der Waals surface area (Å²) in [6, 6.07) is 15.8. The molecule has 0 saturated heterocycles. The molecule has 0 aliphatic rings. The van der Waals surface area contributed by atoms with E-state index < -0.39 is 0 Å². The molecule has 106 valence electrons. The smallest absolute Gasteiger partial charge is 0.137 e. The number of rotatable bonds is 5. The predicted octanol–water partition coefficient (Wildman–Crippen LogP) is 5.08. The van der Waals surface area contributed by atoms with Crippen molar-refractivity contribution in [2.45, 2.75) is 26.4 Å². The number of nitrogens with one attached hydrogen (secondary N) is 1. The topological polar surface area (TPSA) is 12.0 Å². The van der Waals surface area contributed by atoms with Gasteiger partial charge in [0.2, 0.25) is 0 Å². The molecule has 2 aromatic rings. The first-order valence-corrected chi connectivity index (χ1v) is 7.59. The van der Waals surface area contributed by atoms with Crippen molar-refractivity contribution in [2.24, 2.45) is 5.92 Å². The Balaban J connectivity index is 2.08. The van der Waals surface area contributed by atoms with E-state index in [-0.39, 0.29) is 5.82 Å². The van der Waals surface area contributed by atoms with Crippen LogP contribution in [0, 0.1) is 11.7 Å². The van der Waals surface area contributed by atoms with Gasteiger partial charge in [-0.2, -0.15) is 0 Å². The molecule has 1 N–H and O–H groups in total. The van der Waals surface area contributed by atoms with Crippen molar-refractivity contribution in [3.63, 3.8) is 0 Å². The lowest BCUT2D eigenvalue weighted by molar-refractivity contribution is 0.410.